The number of benzene rings is 1. The van der Waals surface area contributed by atoms with Crippen LogP contribution in [0.3, 0.4) is 0 Å². The number of aromatic hydroxyl groups is 1. The summed E-state index contributed by atoms with van der Waals surface area (Å²) in [6.07, 6.45) is 0.682. The van der Waals surface area contributed by atoms with E-state index in [-0.39, 0.29) is 23.3 Å². The quantitative estimate of drug-likeness (QED) is 0.557. The van der Waals surface area contributed by atoms with E-state index in [1.54, 1.807) is 0 Å². The Kier molecular flexibility index (Phi) is 3.47. The highest BCUT2D eigenvalue weighted by Crippen LogP contribution is 2.17. The Bertz CT molecular complexity index is 451. The summed E-state index contributed by atoms with van der Waals surface area (Å²) in [4.78, 5) is 20.6. The molecule has 4 nitrogen and oxygen atoms in total. The highest BCUT2D eigenvalue weighted by molar-refractivity contribution is 5.88. The topological polar surface area (TPSA) is 74.6 Å². The maximum absolute atomic E-state index is 10.6. The van der Waals surface area contributed by atoms with Crippen LogP contribution in [0.4, 0.5) is 0 Å². The number of hydrogen-bond acceptors (Lipinski definition) is 3. The van der Waals surface area contributed by atoms with Crippen molar-refractivity contribution in [1.82, 2.24) is 0 Å². The van der Waals surface area contributed by atoms with Crippen molar-refractivity contribution < 1.29 is 19.8 Å². The summed E-state index contributed by atoms with van der Waals surface area (Å²) in [6.45, 7) is 0. The van der Waals surface area contributed by atoms with E-state index in [1.807, 2.05) is 0 Å². The molecule has 0 aromatic heterocycles. The molecule has 1 aromatic carbocycles. The lowest BCUT2D eigenvalue weighted by atomic mass is 10.1. The number of carbonyl (C=O) groups is 2. The first-order chi connectivity index (χ1) is 7.15. The van der Waals surface area contributed by atoms with Gasteiger partial charge >= 0.3 is 5.97 Å². The summed E-state index contributed by atoms with van der Waals surface area (Å²) in [5, 5.41) is 18.0. The Morgan fingerprint density at radius 3 is 2.80 bits per heavy atom. The second-order valence-corrected chi connectivity index (χ2v) is 2.71. The van der Waals surface area contributed by atoms with Gasteiger partial charge in [-0.1, -0.05) is 11.8 Å². The molecule has 0 unspecified atom stereocenters. The second-order valence-electron chi connectivity index (χ2n) is 2.71. The third-order valence-electron chi connectivity index (χ3n) is 1.65. The molecule has 0 spiro atoms. The fourth-order valence-electron chi connectivity index (χ4n) is 0.957. The van der Waals surface area contributed by atoms with Gasteiger partial charge in [-0.25, -0.2) is 4.79 Å². The lowest BCUT2D eigenvalue weighted by Gasteiger charge is -1.98. The molecule has 0 saturated carbocycles. The number of aromatic carboxylic acids is 1. The fourth-order valence-corrected chi connectivity index (χ4v) is 0.957. The molecule has 15 heavy (non-hydrogen) atoms. The zero-order valence-corrected chi connectivity index (χ0v) is 7.73. The van der Waals surface area contributed by atoms with Gasteiger partial charge in [0.2, 0.25) is 0 Å². The van der Waals surface area contributed by atoms with Gasteiger partial charge in [-0.3, -0.25) is 0 Å². The van der Waals surface area contributed by atoms with E-state index in [2.05, 4.69) is 11.8 Å². The minimum absolute atomic E-state index is 0.0446. The van der Waals surface area contributed by atoms with Gasteiger partial charge in [-0.2, -0.15) is 0 Å². The largest absolute Gasteiger partial charge is 0.507 e. The van der Waals surface area contributed by atoms with Crippen molar-refractivity contribution in [2.75, 3.05) is 0 Å². The number of carboxylic acids is 1. The van der Waals surface area contributed by atoms with Gasteiger partial charge in [0.25, 0.3) is 0 Å². The van der Waals surface area contributed by atoms with Gasteiger partial charge in [0.1, 0.15) is 12.0 Å². The van der Waals surface area contributed by atoms with E-state index in [0.29, 0.717) is 6.29 Å². The van der Waals surface area contributed by atoms with E-state index in [9.17, 15) is 14.7 Å². The van der Waals surface area contributed by atoms with Gasteiger partial charge in [0.15, 0.2) is 0 Å². The number of hydrogen-bond donors (Lipinski definition) is 2. The summed E-state index contributed by atoms with van der Waals surface area (Å²) in [5.41, 5.74) is 0.250. The highest BCUT2D eigenvalue weighted by Gasteiger charge is 2.05. The van der Waals surface area contributed by atoms with E-state index in [4.69, 9.17) is 5.11 Å². The average Bonchev–Trinajstić information content (AvgIpc) is 2.20. The third kappa shape index (κ3) is 2.85. The molecule has 0 aliphatic carbocycles. The van der Waals surface area contributed by atoms with Crippen LogP contribution in [0.5, 0.6) is 5.75 Å². The standard InChI is InChI=1S/C11H8O4/c12-6-2-1-3-8-7-9(11(14)15)4-5-10(8)13/h4-7,13H,2H2,(H,14,15). The van der Waals surface area contributed by atoms with Crippen molar-refractivity contribution in [1.29, 1.82) is 0 Å². The van der Waals surface area contributed by atoms with Crippen LogP contribution in [0.15, 0.2) is 18.2 Å². The molecule has 0 aliphatic heterocycles. The van der Waals surface area contributed by atoms with Crippen molar-refractivity contribution in [2.45, 2.75) is 6.42 Å². The molecule has 1 rings (SSSR count). The average molecular weight is 204 g/mol. The lowest BCUT2D eigenvalue weighted by molar-refractivity contribution is -0.107. The number of carboxylic acid groups (broad SMARTS) is 1. The molecule has 2 N–H and O–H groups in total. The van der Waals surface area contributed by atoms with Crippen molar-refractivity contribution in [3.8, 4) is 17.6 Å². The summed E-state index contributed by atoms with van der Waals surface area (Å²) >= 11 is 0. The Morgan fingerprint density at radius 2 is 2.20 bits per heavy atom. The SMILES string of the molecule is O=CCC#Cc1cc(C(=O)O)ccc1O. The number of rotatable bonds is 2. The molecule has 0 aliphatic rings. The van der Waals surface area contributed by atoms with Crippen LogP contribution in [-0.2, 0) is 4.79 Å². The minimum atomic E-state index is -1.09. The van der Waals surface area contributed by atoms with Crippen LogP contribution in [0.2, 0.25) is 0 Å². The van der Waals surface area contributed by atoms with Crippen LogP contribution in [-0.4, -0.2) is 22.5 Å². The summed E-state index contributed by atoms with van der Waals surface area (Å²) in [5.74, 6) is 3.81. The van der Waals surface area contributed by atoms with Crippen molar-refractivity contribution >= 4 is 12.3 Å². The Balaban J connectivity index is 3.07. The minimum Gasteiger partial charge on any atom is -0.507 e. The molecule has 0 saturated heterocycles. The normalized spacial score (nSPS) is 8.80. The maximum atomic E-state index is 10.6. The molecule has 0 bridgehead atoms. The molecule has 0 fully saturated rings. The molecular formula is C11H8O4. The van der Waals surface area contributed by atoms with E-state index in [0.717, 1.165) is 0 Å². The Morgan fingerprint density at radius 1 is 1.47 bits per heavy atom. The first-order valence-corrected chi connectivity index (χ1v) is 4.14. The molecule has 76 valence electrons. The van der Waals surface area contributed by atoms with E-state index in [1.165, 1.54) is 18.2 Å². The zero-order valence-electron chi connectivity index (χ0n) is 7.73. The molecular weight excluding hydrogens is 196 g/mol. The summed E-state index contributed by atoms with van der Waals surface area (Å²) in [7, 11) is 0. The summed E-state index contributed by atoms with van der Waals surface area (Å²) in [6, 6.07) is 3.80. The molecule has 0 atom stereocenters. The van der Waals surface area contributed by atoms with Crippen LogP contribution >= 0.6 is 0 Å². The molecule has 4 heteroatoms. The smallest absolute Gasteiger partial charge is 0.335 e. The van der Waals surface area contributed by atoms with Gasteiger partial charge in [-0.15, -0.1) is 0 Å². The number of phenols is 1. The molecule has 0 amide bonds. The maximum Gasteiger partial charge on any atom is 0.335 e. The number of carbonyl (C=O) groups excluding carboxylic acids is 1. The van der Waals surface area contributed by atoms with E-state index < -0.39 is 5.97 Å². The van der Waals surface area contributed by atoms with Crippen molar-refractivity contribution in [3.63, 3.8) is 0 Å². The van der Waals surface area contributed by atoms with Gasteiger partial charge in [0, 0.05) is 0 Å². The fraction of sp³-hybridized carbons (Fsp3) is 0.0909. The predicted octanol–water partition coefficient (Wildman–Crippen LogP) is 1.03. The first kappa shape index (κ1) is 10.8. The molecule has 1 aromatic rings. The highest BCUT2D eigenvalue weighted by atomic mass is 16.4. The first-order valence-electron chi connectivity index (χ1n) is 4.14. The predicted molar refractivity (Wildman–Crippen MR) is 52.6 cm³/mol. The van der Waals surface area contributed by atoms with Gasteiger partial charge < -0.3 is 15.0 Å². The van der Waals surface area contributed by atoms with E-state index >= 15 is 0 Å². The van der Waals surface area contributed by atoms with Gasteiger partial charge in [-0.05, 0) is 18.2 Å². The van der Waals surface area contributed by atoms with Crippen molar-refractivity contribution in [2.24, 2.45) is 0 Å². The Hall–Kier alpha value is -2.28. The summed E-state index contributed by atoms with van der Waals surface area (Å²) < 4.78 is 0. The zero-order chi connectivity index (χ0) is 11.3. The third-order valence-corrected chi connectivity index (χ3v) is 1.65. The van der Waals surface area contributed by atoms with Crippen LogP contribution in [0.25, 0.3) is 0 Å². The monoisotopic (exact) mass is 204 g/mol. The number of aldehydes is 1. The second kappa shape index (κ2) is 4.82. The van der Waals surface area contributed by atoms with Crippen LogP contribution in [0, 0.1) is 11.8 Å². The Labute approximate surface area is 86.2 Å². The van der Waals surface area contributed by atoms with Crippen LogP contribution < -0.4 is 0 Å². The van der Waals surface area contributed by atoms with Crippen LogP contribution in [0.1, 0.15) is 22.3 Å². The lowest BCUT2D eigenvalue weighted by Crippen LogP contribution is -1.96. The van der Waals surface area contributed by atoms with Crippen molar-refractivity contribution in [3.05, 3.63) is 29.3 Å². The molecule has 0 heterocycles. The number of phenolic OH excluding ortho intramolecular Hbond substituents is 1. The molecule has 0 radical (unpaired) electrons. The van der Waals surface area contributed by atoms with Gasteiger partial charge in [0.05, 0.1) is 17.5 Å².